The molecule has 0 aliphatic heterocycles. The fraction of sp³-hybridized carbons (Fsp3) is 0. The van der Waals surface area contributed by atoms with Crippen LogP contribution in [0.15, 0.2) is 30.5 Å². The predicted octanol–water partition coefficient (Wildman–Crippen LogP) is 6.97. The molecule has 5 aromatic rings. The first kappa shape index (κ1) is 37.8. The van der Waals surface area contributed by atoms with Crippen molar-refractivity contribution in [2.75, 3.05) is 0 Å². The Morgan fingerprint density at radius 2 is 0.841 bits per heavy atom. The molecule has 17 heteroatoms. The van der Waals surface area contributed by atoms with Gasteiger partial charge in [-0.15, -0.1) is 0 Å². The van der Waals surface area contributed by atoms with Crippen LogP contribution >= 0.6 is 11.6 Å². The Morgan fingerprint density at radius 3 is 1.25 bits per heavy atom. The molecular formula is C27H5ClF10N2O3Re. The zero-order valence-electron chi connectivity index (χ0n) is 20.5. The van der Waals surface area contributed by atoms with E-state index in [0.717, 1.165) is 30.5 Å². The third-order valence-electron chi connectivity index (χ3n) is 5.62. The van der Waals surface area contributed by atoms with Gasteiger partial charge in [0, 0.05) is 43.0 Å². The van der Waals surface area contributed by atoms with Gasteiger partial charge in [-0.1, -0.05) is 23.7 Å². The van der Waals surface area contributed by atoms with Crippen LogP contribution in [0.1, 0.15) is 0 Å². The van der Waals surface area contributed by atoms with Crippen molar-refractivity contribution >= 4 is 53.8 Å². The Labute approximate surface area is 258 Å². The van der Waals surface area contributed by atoms with E-state index in [-0.39, 0.29) is 42.2 Å². The van der Waals surface area contributed by atoms with Crippen molar-refractivity contribution in [3.63, 3.8) is 0 Å². The van der Waals surface area contributed by atoms with E-state index in [0.29, 0.717) is 0 Å². The average molecular weight is 817 g/mol. The fourth-order valence-electron chi connectivity index (χ4n) is 3.98. The van der Waals surface area contributed by atoms with Crippen LogP contribution in [0.4, 0.5) is 43.9 Å². The molecule has 7 radical (unpaired) electrons. The molecule has 5 nitrogen and oxygen atoms in total. The predicted molar refractivity (Wildman–Crippen MR) is 130 cm³/mol. The number of pyridine rings is 2. The summed E-state index contributed by atoms with van der Waals surface area (Å²) in [5.41, 5.74) is -4.33. The minimum absolute atomic E-state index is 0. The van der Waals surface area contributed by atoms with Gasteiger partial charge >= 0.3 is 0 Å². The van der Waals surface area contributed by atoms with E-state index in [1.54, 1.807) is 0 Å². The van der Waals surface area contributed by atoms with Crippen LogP contribution in [-0.4, -0.2) is 30.3 Å². The molecule has 0 bridgehead atoms. The first-order valence-corrected chi connectivity index (χ1v) is 10.9. The van der Waals surface area contributed by atoms with E-state index in [9.17, 15) is 43.9 Å². The smallest absolute Gasteiger partial charge is 0.281 e. The summed E-state index contributed by atoms with van der Waals surface area (Å²) < 4.78 is 141. The van der Waals surface area contributed by atoms with Gasteiger partial charge < -0.3 is 0 Å². The number of rotatable bonds is 2. The number of nitrogens with zero attached hydrogens (tertiary/aromatic N) is 2. The van der Waals surface area contributed by atoms with E-state index in [1.165, 1.54) is 0 Å². The third-order valence-corrected chi connectivity index (χ3v) is 5.81. The van der Waals surface area contributed by atoms with Crippen molar-refractivity contribution < 1.29 is 78.7 Å². The first-order chi connectivity index (χ1) is 20.5. The topological polar surface area (TPSA) is 77.0 Å². The summed E-state index contributed by atoms with van der Waals surface area (Å²) in [5.74, 6) is -22.2. The molecule has 0 atom stereocenters. The maximum atomic E-state index is 14.6. The van der Waals surface area contributed by atoms with Crippen molar-refractivity contribution in [2.24, 2.45) is 0 Å². The van der Waals surface area contributed by atoms with Gasteiger partial charge in [0.15, 0.2) is 46.5 Å². The van der Waals surface area contributed by atoms with Crippen molar-refractivity contribution in [3.8, 4) is 22.3 Å². The zero-order valence-corrected chi connectivity index (χ0v) is 24.0. The number of halogens is 11. The molecular weight excluding hydrogens is 812 g/mol. The van der Waals surface area contributed by atoms with Crippen LogP contribution in [0.25, 0.3) is 44.1 Å². The van der Waals surface area contributed by atoms with Crippen LogP contribution < -0.4 is 0 Å². The van der Waals surface area contributed by atoms with Gasteiger partial charge in [-0.25, -0.2) is 48.9 Å². The Kier molecular flexibility index (Phi) is 13.3. The Hall–Kier alpha value is -4.26. The SMILES string of the molecule is Fc1c(F)c(F)c(-c2ccnc3c2ccc2c(-c4c(F)c(F)c(F)c(F)c4F)cc(Cl)nc23)c(F)c1F.[C]=O.[C]=O.[C]=O.[Re]. The zero-order chi connectivity index (χ0) is 32.9. The molecule has 44 heavy (non-hydrogen) atoms. The normalized spacial score (nSPS) is 10.1. The minimum atomic E-state index is -2.39. The molecule has 0 saturated carbocycles. The number of carbonyl (C=O) groups excluding carboxylic acids is 3. The molecule has 5 rings (SSSR count). The summed E-state index contributed by atoms with van der Waals surface area (Å²) in [6.45, 7) is 13.5. The fourth-order valence-corrected chi connectivity index (χ4v) is 4.17. The van der Waals surface area contributed by atoms with Gasteiger partial charge in [0.2, 0.25) is 11.6 Å². The Balaban J connectivity index is 0.00000130. The third kappa shape index (κ3) is 6.19. The summed E-state index contributed by atoms with van der Waals surface area (Å²) in [6, 6.07) is 3.85. The molecule has 0 aliphatic rings. The molecule has 0 N–H and O–H groups in total. The maximum Gasteiger partial charge on any atom is 0.281 e. The molecule has 2 heterocycles. The second-order valence-corrected chi connectivity index (χ2v) is 7.99. The average Bonchev–Trinajstić information content (AvgIpc) is 3.04. The molecule has 0 aliphatic carbocycles. The van der Waals surface area contributed by atoms with Crippen LogP contribution in [0.2, 0.25) is 5.15 Å². The first-order valence-electron chi connectivity index (χ1n) is 10.5. The Morgan fingerprint density at radius 1 is 0.500 bits per heavy atom. The van der Waals surface area contributed by atoms with Gasteiger partial charge in [-0.2, -0.15) is 0 Å². The standard InChI is InChI=1S/C24H5ClF10N2.3CO.Re/c25-10-5-9(12-15(28)19(32)22(35)20(33)16(12)29)8-2-1-7-6(3-4-36-23(7)24(8)37-10)11-13(26)17(30)21(34)18(31)14(11)27;3*1-2;/h1-5H;;;;. The molecule has 225 valence electrons. The number of hydrogen-bond donors (Lipinski definition) is 0. The summed E-state index contributed by atoms with van der Waals surface area (Å²) in [7, 11) is 0. The van der Waals surface area contributed by atoms with E-state index in [2.05, 4.69) is 30.3 Å². The van der Waals surface area contributed by atoms with E-state index < -0.39 is 85.6 Å². The molecule has 0 amide bonds. The molecule has 3 aromatic carbocycles. The van der Waals surface area contributed by atoms with Crippen molar-refractivity contribution in [1.82, 2.24) is 9.97 Å². The number of benzene rings is 3. The van der Waals surface area contributed by atoms with E-state index in [4.69, 9.17) is 26.0 Å². The second kappa shape index (κ2) is 15.5. The summed E-state index contributed by atoms with van der Waals surface area (Å²) in [4.78, 5) is 30.4. The van der Waals surface area contributed by atoms with Crippen LogP contribution in [0, 0.1) is 58.2 Å². The summed E-state index contributed by atoms with van der Waals surface area (Å²) in [6.07, 6.45) is 0.926. The van der Waals surface area contributed by atoms with Gasteiger partial charge in [0.1, 0.15) is 5.15 Å². The number of aromatic nitrogens is 2. The quantitative estimate of drug-likeness (QED) is 0.0634. The number of fused-ring (bicyclic) bond motifs is 3. The molecule has 2 aromatic heterocycles. The van der Waals surface area contributed by atoms with Crippen LogP contribution in [0.5, 0.6) is 0 Å². The van der Waals surface area contributed by atoms with Crippen molar-refractivity contribution in [1.29, 1.82) is 0 Å². The largest absolute Gasteiger partial charge is 0.281 e. The molecule has 0 spiro atoms. The van der Waals surface area contributed by atoms with E-state index in [1.807, 2.05) is 0 Å². The van der Waals surface area contributed by atoms with Crippen molar-refractivity contribution in [3.05, 3.63) is 93.8 Å². The van der Waals surface area contributed by atoms with Gasteiger partial charge in [0.25, 0.3) is 20.4 Å². The summed E-state index contributed by atoms with van der Waals surface area (Å²) >= 11 is 5.95. The second-order valence-electron chi connectivity index (χ2n) is 7.60. The molecule has 0 fully saturated rings. The monoisotopic (exact) mass is 817 g/mol. The van der Waals surface area contributed by atoms with Gasteiger partial charge in [0.05, 0.1) is 22.2 Å². The van der Waals surface area contributed by atoms with Crippen LogP contribution in [-0.2, 0) is 34.8 Å². The molecule has 0 unspecified atom stereocenters. The Bertz CT molecular complexity index is 1820. The summed E-state index contributed by atoms with van der Waals surface area (Å²) in [5, 5.41) is -0.971. The maximum absolute atomic E-state index is 14.6. The number of hydrogen-bond acceptors (Lipinski definition) is 5. The van der Waals surface area contributed by atoms with Crippen molar-refractivity contribution in [2.45, 2.75) is 0 Å². The van der Waals surface area contributed by atoms with E-state index >= 15 is 0 Å². The van der Waals surface area contributed by atoms with Gasteiger partial charge in [-0.3, -0.25) is 19.4 Å². The van der Waals surface area contributed by atoms with Crippen LogP contribution in [0.3, 0.4) is 0 Å². The minimum Gasteiger partial charge on any atom is -0.281 e. The molecule has 0 saturated heterocycles. The van der Waals surface area contributed by atoms with Gasteiger partial charge in [-0.05, 0) is 17.7 Å².